The molecule has 1 heterocycles. The summed E-state index contributed by atoms with van der Waals surface area (Å²) in [5.41, 5.74) is 4.47. The van der Waals surface area contributed by atoms with E-state index >= 15 is 0 Å². The van der Waals surface area contributed by atoms with E-state index in [1.54, 1.807) is 0 Å². The lowest BCUT2D eigenvalue weighted by atomic mass is 10.1. The molecule has 0 aliphatic carbocycles. The number of benzene rings is 1. The molecule has 20 heavy (non-hydrogen) atoms. The number of rotatable bonds is 5. The van der Waals surface area contributed by atoms with Gasteiger partial charge in [0.05, 0.1) is 18.2 Å². The lowest BCUT2D eigenvalue weighted by Crippen LogP contribution is -2.02. The van der Waals surface area contributed by atoms with Gasteiger partial charge < -0.3 is 5.32 Å². The van der Waals surface area contributed by atoms with E-state index in [0.29, 0.717) is 12.3 Å². The number of hydrogen-bond donors (Lipinski definition) is 1. The van der Waals surface area contributed by atoms with Crippen LogP contribution in [0.15, 0.2) is 30.5 Å². The molecule has 4 heteroatoms. The molecule has 0 aliphatic rings. The SMILES string of the molecule is CC(C)c1nn(C)cc1CNc1ccc(CC#N)cc1. The van der Waals surface area contributed by atoms with Crippen LogP contribution in [0, 0.1) is 11.3 Å². The van der Waals surface area contributed by atoms with Gasteiger partial charge in [-0.05, 0) is 23.6 Å². The number of nitriles is 1. The molecule has 0 fully saturated rings. The molecule has 0 saturated heterocycles. The Hall–Kier alpha value is -2.28. The van der Waals surface area contributed by atoms with Gasteiger partial charge in [-0.15, -0.1) is 0 Å². The molecule has 4 nitrogen and oxygen atoms in total. The average molecular weight is 268 g/mol. The van der Waals surface area contributed by atoms with Crippen molar-refractivity contribution in [1.29, 1.82) is 5.26 Å². The summed E-state index contributed by atoms with van der Waals surface area (Å²) in [7, 11) is 1.95. The fraction of sp³-hybridized carbons (Fsp3) is 0.375. The van der Waals surface area contributed by atoms with Crippen molar-refractivity contribution >= 4 is 5.69 Å². The number of nitrogens with one attached hydrogen (secondary N) is 1. The first-order chi connectivity index (χ1) is 9.60. The van der Waals surface area contributed by atoms with Gasteiger partial charge in [0.1, 0.15) is 0 Å². The Labute approximate surface area is 120 Å². The Morgan fingerprint density at radius 1 is 1.30 bits per heavy atom. The van der Waals surface area contributed by atoms with Gasteiger partial charge in [0.15, 0.2) is 0 Å². The Morgan fingerprint density at radius 2 is 2.00 bits per heavy atom. The molecular formula is C16H20N4. The first kappa shape index (κ1) is 14.1. The second kappa shape index (κ2) is 6.25. The number of hydrogen-bond acceptors (Lipinski definition) is 3. The zero-order valence-electron chi connectivity index (χ0n) is 12.2. The summed E-state index contributed by atoms with van der Waals surface area (Å²) in [5, 5.41) is 16.6. The zero-order chi connectivity index (χ0) is 14.5. The van der Waals surface area contributed by atoms with Crippen molar-refractivity contribution in [3.63, 3.8) is 0 Å². The number of aryl methyl sites for hydroxylation is 1. The molecule has 0 spiro atoms. The summed E-state index contributed by atoms with van der Waals surface area (Å²) in [6.07, 6.45) is 2.52. The highest BCUT2D eigenvalue weighted by molar-refractivity contribution is 5.45. The second-order valence-corrected chi connectivity index (χ2v) is 5.25. The number of aromatic nitrogens is 2. The van der Waals surface area contributed by atoms with E-state index in [-0.39, 0.29) is 0 Å². The smallest absolute Gasteiger partial charge is 0.0699 e. The predicted octanol–water partition coefficient (Wildman–Crippen LogP) is 3.22. The van der Waals surface area contributed by atoms with Crippen LogP contribution in [-0.2, 0) is 20.0 Å². The first-order valence-corrected chi connectivity index (χ1v) is 6.82. The lowest BCUT2D eigenvalue weighted by molar-refractivity contribution is 0.712. The summed E-state index contributed by atoms with van der Waals surface area (Å²) in [4.78, 5) is 0. The number of anilines is 1. The van der Waals surface area contributed by atoms with E-state index in [4.69, 9.17) is 5.26 Å². The highest BCUT2D eigenvalue weighted by Gasteiger charge is 2.10. The highest BCUT2D eigenvalue weighted by Crippen LogP contribution is 2.19. The van der Waals surface area contributed by atoms with Gasteiger partial charge >= 0.3 is 0 Å². The summed E-state index contributed by atoms with van der Waals surface area (Å²) in [5.74, 6) is 0.422. The topological polar surface area (TPSA) is 53.6 Å². The van der Waals surface area contributed by atoms with Crippen molar-refractivity contribution < 1.29 is 0 Å². The molecule has 1 aromatic carbocycles. The third-order valence-electron chi connectivity index (χ3n) is 3.20. The minimum absolute atomic E-state index is 0.422. The molecule has 104 valence electrons. The molecule has 2 rings (SSSR count). The molecular weight excluding hydrogens is 248 g/mol. The maximum absolute atomic E-state index is 8.65. The van der Waals surface area contributed by atoms with E-state index in [0.717, 1.165) is 23.5 Å². The van der Waals surface area contributed by atoms with Crippen molar-refractivity contribution in [2.24, 2.45) is 7.05 Å². The van der Waals surface area contributed by atoms with Crippen molar-refractivity contribution in [3.05, 3.63) is 47.3 Å². The van der Waals surface area contributed by atoms with Gasteiger partial charge in [-0.25, -0.2) is 0 Å². The summed E-state index contributed by atoms with van der Waals surface area (Å²) in [6, 6.07) is 10.1. The van der Waals surface area contributed by atoms with E-state index in [2.05, 4.69) is 36.5 Å². The Bertz CT molecular complexity index is 602. The maximum atomic E-state index is 8.65. The van der Waals surface area contributed by atoms with Crippen LogP contribution in [0.3, 0.4) is 0 Å². The monoisotopic (exact) mass is 268 g/mol. The van der Waals surface area contributed by atoms with Gasteiger partial charge in [0.25, 0.3) is 0 Å². The van der Waals surface area contributed by atoms with Crippen LogP contribution in [0.4, 0.5) is 5.69 Å². The van der Waals surface area contributed by atoms with E-state index in [1.165, 1.54) is 5.56 Å². The van der Waals surface area contributed by atoms with Crippen molar-refractivity contribution in [2.45, 2.75) is 32.7 Å². The standard InChI is InChI=1S/C16H20N4/c1-12(2)16-14(11-20(3)19-16)10-18-15-6-4-13(5-7-15)8-9-17/h4-7,11-12,18H,8,10H2,1-3H3. The van der Waals surface area contributed by atoms with Crippen LogP contribution in [0.1, 0.15) is 36.6 Å². The van der Waals surface area contributed by atoms with Crippen LogP contribution < -0.4 is 5.32 Å². The zero-order valence-corrected chi connectivity index (χ0v) is 12.2. The third-order valence-corrected chi connectivity index (χ3v) is 3.20. The Kier molecular flexibility index (Phi) is 4.41. The van der Waals surface area contributed by atoms with E-state index < -0.39 is 0 Å². The van der Waals surface area contributed by atoms with Crippen LogP contribution in [0.2, 0.25) is 0 Å². The van der Waals surface area contributed by atoms with Gasteiger partial charge in [-0.3, -0.25) is 4.68 Å². The molecule has 0 unspecified atom stereocenters. The van der Waals surface area contributed by atoms with E-state index in [9.17, 15) is 0 Å². The second-order valence-electron chi connectivity index (χ2n) is 5.25. The molecule has 1 aromatic heterocycles. The lowest BCUT2D eigenvalue weighted by Gasteiger charge is -2.08. The highest BCUT2D eigenvalue weighted by atomic mass is 15.3. The molecule has 0 atom stereocenters. The van der Waals surface area contributed by atoms with Gasteiger partial charge in [-0.2, -0.15) is 10.4 Å². The normalized spacial score (nSPS) is 10.6. The summed E-state index contributed by atoms with van der Waals surface area (Å²) in [6.45, 7) is 5.07. The Morgan fingerprint density at radius 3 is 2.60 bits per heavy atom. The predicted molar refractivity (Wildman–Crippen MR) is 80.4 cm³/mol. The fourth-order valence-corrected chi connectivity index (χ4v) is 2.21. The largest absolute Gasteiger partial charge is 0.381 e. The quantitative estimate of drug-likeness (QED) is 0.905. The summed E-state index contributed by atoms with van der Waals surface area (Å²) < 4.78 is 1.86. The van der Waals surface area contributed by atoms with E-state index in [1.807, 2.05) is 36.0 Å². The first-order valence-electron chi connectivity index (χ1n) is 6.82. The van der Waals surface area contributed by atoms with Crippen molar-refractivity contribution in [2.75, 3.05) is 5.32 Å². The maximum Gasteiger partial charge on any atom is 0.0699 e. The van der Waals surface area contributed by atoms with Crippen LogP contribution in [0.25, 0.3) is 0 Å². The van der Waals surface area contributed by atoms with Gasteiger partial charge in [-0.1, -0.05) is 26.0 Å². The molecule has 0 radical (unpaired) electrons. The van der Waals surface area contributed by atoms with Crippen LogP contribution in [0.5, 0.6) is 0 Å². The Balaban J connectivity index is 2.03. The molecule has 0 amide bonds. The van der Waals surface area contributed by atoms with Gasteiger partial charge in [0, 0.05) is 31.0 Å². The average Bonchev–Trinajstić information content (AvgIpc) is 2.80. The fourth-order valence-electron chi connectivity index (χ4n) is 2.21. The molecule has 0 aliphatic heterocycles. The third kappa shape index (κ3) is 3.39. The van der Waals surface area contributed by atoms with Crippen molar-refractivity contribution in [1.82, 2.24) is 9.78 Å². The van der Waals surface area contributed by atoms with Crippen LogP contribution in [-0.4, -0.2) is 9.78 Å². The molecule has 2 aromatic rings. The minimum atomic E-state index is 0.422. The summed E-state index contributed by atoms with van der Waals surface area (Å²) >= 11 is 0. The molecule has 0 bridgehead atoms. The molecule has 0 saturated carbocycles. The van der Waals surface area contributed by atoms with Gasteiger partial charge in [0.2, 0.25) is 0 Å². The minimum Gasteiger partial charge on any atom is -0.381 e. The number of nitrogens with zero attached hydrogens (tertiary/aromatic N) is 3. The van der Waals surface area contributed by atoms with Crippen LogP contribution >= 0.6 is 0 Å². The van der Waals surface area contributed by atoms with Crippen molar-refractivity contribution in [3.8, 4) is 6.07 Å². The molecule has 1 N–H and O–H groups in total.